The number of amides is 2. The molecule has 1 fully saturated rings. The van der Waals surface area contributed by atoms with Gasteiger partial charge in [-0.15, -0.1) is 0 Å². The fraction of sp³-hybridized carbons (Fsp3) is 0.333. The van der Waals surface area contributed by atoms with Crippen molar-refractivity contribution in [3.8, 4) is 0 Å². The SMILES string of the molecule is O=C(CNC(=O)c1ccc(C(F)(F)F)cc1)Nc1cc(F)ccc1N1CCCCC1. The first-order valence-electron chi connectivity index (χ1n) is 9.54. The van der Waals surface area contributed by atoms with Crippen LogP contribution < -0.4 is 15.5 Å². The zero-order valence-electron chi connectivity index (χ0n) is 16.1. The minimum absolute atomic E-state index is 0.00411. The van der Waals surface area contributed by atoms with Gasteiger partial charge in [-0.3, -0.25) is 9.59 Å². The fourth-order valence-electron chi connectivity index (χ4n) is 3.29. The predicted molar refractivity (Wildman–Crippen MR) is 105 cm³/mol. The van der Waals surface area contributed by atoms with Crippen molar-refractivity contribution in [2.45, 2.75) is 25.4 Å². The number of carbonyl (C=O) groups excluding carboxylic acids is 2. The normalized spacial score (nSPS) is 14.3. The molecule has 30 heavy (non-hydrogen) atoms. The number of nitrogens with zero attached hydrogens (tertiary/aromatic N) is 1. The summed E-state index contributed by atoms with van der Waals surface area (Å²) >= 11 is 0. The molecular weight excluding hydrogens is 402 g/mol. The first-order valence-corrected chi connectivity index (χ1v) is 9.54. The minimum atomic E-state index is -4.49. The summed E-state index contributed by atoms with van der Waals surface area (Å²) in [4.78, 5) is 26.4. The van der Waals surface area contributed by atoms with E-state index in [1.807, 2.05) is 0 Å². The van der Waals surface area contributed by atoms with Gasteiger partial charge in [0, 0.05) is 18.7 Å². The van der Waals surface area contributed by atoms with E-state index in [2.05, 4.69) is 15.5 Å². The average molecular weight is 423 g/mol. The monoisotopic (exact) mass is 423 g/mol. The van der Waals surface area contributed by atoms with Crippen LogP contribution in [0.3, 0.4) is 0 Å². The van der Waals surface area contributed by atoms with E-state index in [1.165, 1.54) is 12.1 Å². The summed E-state index contributed by atoms with van der Waals surface area (Å²) in [5.41, 5.74) is 0.146. The van der Waals surface area contributed by atoms with E-state index in [4.69, 9.17) is 0 Å². The van der Waals surface area contributed by atoms with Crippen molar-refractivity contribution in [2.24, 2.45) is 0 Å². The van der Waals surface area contributed by atoms with Gasteiger partial charge in [0.15, 0.2) is 0 Å². The van der Waals surface area contributed by atoms with Crippen LogP contribution in [0, 0.1) is 5.82 Å². The van der Waals surface area contributed by atoms with Crippen LogP contribution in [0.2, 0.25) is 0 Å². The van der Waals surface area contributed by atoms with Crippen molar-refractivity contribution in [1.82, 2.24) is 5.32 Å². The molecule has 1 aliphatic heterocycles. The lowest BCUT2D eigenvalue weighted by Gasteiger charge is -2.30. The fourth-order valence-corrected chi connectivity index (χ4v) is 3.29. The summed E-state index contributed by atoms with van der Waals surface area (Å²) in [6.45, 7) is 1.20. The number of nitrogens with one attached hydrogen (secondary N) is 2. The van der Waals surface area contributed by atoms with Gasteiger partial charge in [-0.25, -0.2) is 4.39 Å². The van der Waals surface area contributed by atoms with Crippen LogP contribution >= 0.6 is 0 Å². The van der Waals surface area contributed by atoms with Crippen LogP contribution in [0.15, 0.2) is 42.5 Å². The Balaban J connectivity index is 1.60. The van der Waals surface area contributed by atoms with Crippen molar-refractivity contribution in [3.05, 3.63) is 59.4 Å². The lowest BCUT2D eigenvalue weighted by Crippen LogP contribution is -2.34. The van der Waals surface area contributed by atoms with Crippen molar-refractivity contribution in [2.75, 3.05) is 29.9 Å². The number of anilines is 2. The van der Waals surface area contributed by atoms with E-state index in [0.717, 1.165) is 56.6 Å². The van der Waals surface area contributed by atoms with Gasteiger partial charge in [0.25, 0.3) is 5.91 Å². The van der Waals surface area contributed by atoms with Gasteiger partial charge in [-0.2, -0.15) is 13.2 Å². The molecule has 1 saturated heterocycles. The van der Waals surface area contributed by atoms with Gasteiger partial charge in [-0.05, 0) is 61.7 Å². The summed E-state index contributed by atoms with van der Waals surface area (Å²) in [7, 11) is 0. The van der Waals surface area contributed by atoms with Crippen LogP contribution in [0.25, 0.3) is 0 Å². The summed E-state index contributed by atoms with van der Waals surface area (Å²) in [6.07, 6.45) is -1.36. The highest BCUT2D eigenvalue weighted by atomic mass is 19.4. The second-order valence-corrected chi connectivity index (χ2v) is 7.02. The molecule has 0 unspecified atom stereocenters. The zero-order valence-corrected chi connectivity index (χ0v) is 16.1. The number of carbonyl (C=O) groups is 2. The highest BCUT2D eigenvalue weighted by Crippen LogP contribution is 2.30. The van der Waals surface area contributed by atoms with E-state index in [9.17, 15) is 27.2 Å². The Morgan fingerprint density at radius 3 is 2.27 bits per heavy atom. The molecule has 2 aromatic carbocycles. The quantitative estimate of drug-likeness (QED) is 0.709. The molecule has 0 aliphatic carbocycles. The molecule has 0 bridgehead atoms. The Bertz CT molecular complexity index is 907. The molecule has 5 nitrogen and oxygen atoms in total. The third-order valence-electron chi connectivity index (χ3n) is 4.81. The molecule has 1 aliphatic rings. The second-order valence-electron chi connectivity index (χ2n) is 7.02. The number of hydrogen-bond acceptors (Lipinski definition) is 3. The largest absolute Gasteiger partial charge is 0.416 e. The minimum Gasteiger partial charge on any atom is -0.370 e. The van der Waals surface area contributed by atoms with E-state index in [1.54, 1.807) is 6.07 Å². The molecule has 1 heterocycles. The highest BCUT2D eigenvalue weighted by Gasteiger charge is 2.30. The number of rotatable bonds is 5. The number of halogens is 4. The second kappa shape index (κ2) is 9.15. The third kappa shape index (κ3) is 5.49. The van der Waals surface area contributed by atoms with Crippen molar-refractivity contribution >= 4 is 23.2 Å². The standard InChI is InChI=1S/C21H21F4N3O2/c22-16-8-9-18(28-10-2-1-3-11-28)17(12-16)27-19(29)13-26-20(30)14-4-6-15(7-5-14)21(23,24)25/h4-9,12H,1-3,10-11,13H2,(H,26,30)(H,27,29). The lowest BCUT2D eigenvalue weighted by atomic mass is 10.1. The average Bonchev–Trinajstić information content (AvgIpc) is 2.72. The predicted octanol–water partition coefficient (Wildman–Crippen LogP) is 4.20. The maximum atomic E-state index is 13.7. The molecule has 0 radical (unpaired) electrons. The van der Waals surface area contributed by atoms with Crippen LogP contribution in [-0.4, -0.2) is 31.4 Å². The first kappa shape index (κ1) is 21.6. The van der Waals surface area contributed by atoms with Crippen molar-refractivity contribution in [3.63, 3.8) is 0 Å². The number of alkyl halides is 3. The van der Waals surface area contributed by atoms with Crippen LogP contribution in [0.1, 0.15) is 35.2 Å². The summed E-state index contributed by atoms with van der Waals surface area (Å²) < 4.78 is 51.5. The smallest absolute Gasteiger partial charge is 0.370 e. The Kier molecular flexibility index (Phi) is 6.59. The van der Waals surface area contributed by atoms with Crippen LogP contribution in [-0.2, 0) is 11.0 Å². The lowest BCUT2D eigenvalue weighted by molar-refractivity contribution is -0.137. The molecule has 0 saturated carbocycles. The molecule has 3 rings (SSSR count). The van der Waals surface area contributed by atoms with E-state index >= 15 is 0 Å². The Morgan fingerprint density at radius 2 is 1.63 bits per heavy atom. The summed E-state index contributed by atoms with van der Waals surface area (Å²) in [6, 6.07) is 7.83. The topological polar surface area (TPSA) is 61.4 Å². The van der Waals surface area contributed by atoms with Gasteiger partial charge in [-0.1, -0.05) is 0 Å². The molecule has 2 amide bonds. The van der Waals surface area contributed by atoms with Crippen molar-refractivity contribution < 1.29 is 27.2 Å². The van der Waals surface area contributed by atoms with Gasteiger partial charge in [0.1, 0.15) is 5.82 Å². The summed E-state index contributed by atoms with van der Waals surface area (Å²) in [5.74, 6) is -1.76. The Labute approximate surface area is 171 Å². The molecule has 160 valence electrons. The van der Waals surface area contributed by atoms with Gasteiger partial charge >= 0.3 is 6.18 Å². The highest BCUT2D eigenvalue weighted by molar-refractivity contribution is 6.00. The van der Waals surface area contributed by atoms with Crippen LogP contribution in [0.4, 0.5) is 28.9 Å². The molecule has 0 spiro atoms. The molecule has 0 atom stereocenters. The molecule has 0 aromatic heterocycles. The maximum absolute atomic E-state index is 13.7. The summed E-state index contributed by atoms with van der Waals surface area (Å²) in [5, 5.41) is 4.95. The van der Waals surface area contributed by atoms with E-state index in [0.29, 0.717) is 11.4 Å². The van der Waals surface area contributed by atoms with Gasteiger partial charge in [0.05, 0.1) is 23.5 Å². The Hall–Kier alpha value is -3.10. The number of benzene rings is 2. The number of piperidine rings is 1. The van der Waals surface area contributed by atoms with Crippen molar-refractivity contribution in [1.29, 1.82) is 0 Å². The van der Waals surface area contributed by atoms with Crippen LogP contribution in [0.5, 0.6) is 0 Å². The molecular formula is C21H21F4N3O2. The van der Waals surface area contributed by atoms with Gasteiger partial charge < -0.3 is 15.5 Å². The molecule has 9 heteroatoms. The maximum Gasteiger partial charge on any atom is 0.416 e. The Morgan fingerprint density at radius 1 is 0.967 bits per heavy atom. The zero-order chi connectivity index (χ0) is 21.7. The van der Waals surface area contributed by atoms with E-state index in [-0.39, 0.29) is 5.56 Å². The first-order chi connectivity index (χ1) is 14.2. The van der Waals surface area contributed by atoms with Gasteiger partial charge in [0.2, 0.25) is 5.91 Å². The van der Waals surface area contributed by atoms with E-state index < -0.39 is 35.9 Å². The third-order valence-corrected chi connectivity index (χ3v) is 4.81. The molecule has 2 N–H and O–H groups in total. The molecule has 2 aromatic rings. The number of hydrogen-bond donors (Lipinski definition) is 2.